The Bertz CT molecular complexity index is 1050. The summed E-state index contributed by atoms with van der Waals surface area (Å²) in [6.45, 7) is 1.22. The zero-order valence-corrected chi connectivity index (χ0v) is 15.3. The summed E-state index contributed by atoms with van der Waals surface area (Å²) in [6, 6.07) is 3.80. The Kier molecular flexibility index (Phi) is 4.91. The molecule has 136 valence electrons. The normalized spacial score (nSPS) is 11.0. The van der Waals surface area contributed by atoms with Gasteiger partial charge in [-0.15, -0.1) is 0 Å². The number of rotatable bonds is 6. The van der Waals surface area contributed by atoms with Crippen molar-refractivity contribution >= 4 is 28.6 Å². The molecule has 0 aliphatic carbocycles. The predicted molar refractivity (Wildman–Crippen MR) is 103 cm³/mol. The van der Waals surface area contributed by atoms with Gasteiger partial charge in [0.2, 0.25) is 5.95 Å². The molecule has 0 aromatic carbocycles. The van der Waals surface area contributed by atoms with Gasteiger partial charge in [0.1, 0.15) is 17.1 Å². The number of hydrogen-bond donors (Lipinski definition) is 1. The molecular weight excluding hydrogens is 366 g/mol. The van der Waals surface area contributed by atoms with E-state index in [1.165, 1.54) is 6.33 Å². The number of fused-ring (bicyclic) bond motifs is 1. The number of ether oxygens (including phenoxy) is 1. The van der Waals surface area contributed by atoms with E-state index in [-0.39, 0.29) is 0 Å². The summed E-state index contributed by atoms with van der Waals surface area (Å²) < 4.78 is 6.96. The van der Waals surface area contributed by atoms with E-state index in [0.717, 1.165) is 22.2 Å². The Balaban J connectivity index is 1.78. The maximum absolute atomic E-state index is 6.38. The van der Waals surface area contributed by atoms with E-state index >= 15 is 0 Å². The SMILES string of the molecule is COCCNc1ncc(-c2cn(-c3ccncc3)c3ncnc(Cl)c23)cn1. The van der Waals surface area contributed by atoms with Crippen LogP contribution in [0.4, 0.5) is 5.95 Å². The van der Waals surface area contributed by atoms with Gasteiger partial charge in [0.05, 0.1) is 17.7 Å². The van der Waals surface area contributed by atoms with Crippen molar-refractivity contribution in [2.75, 3.05) is 25.6 Å². The van der Waals surface area contributed by atoms with E-state index in [0.29, 0.717) is 29.9 Å². The zero-order chi connectivity index (χ0) is 18.6. The van der Waals surface area contributed by atoms with Gasteiger partial charge in [0.15, 0.2) is 0 Å². The molecule has 4 rings (SSSR count). The minimum atomic E-state index is 0.380. The van der Waals surface area contributed by atoms with Gasteiger partial charge in [-0.25, -0.2) is 19.9 Å². The molecule has 0 aliphatic heterocycles. The molecule has 1 N–H and O–H groups in total. The molecular formula is C18H16ClN7O. The fourth-order valence-electron chi connectivity index (χ4n) is 2.77. The Morgan fingerprint density at radius 1 is 1.11 bits per heavy atom. The second-order valence-electron chi connectivity index (χ2n) is 5.70. The fourth-order valence-corrected chi connectivity index (χ4v) is 3.00. The summed E-state index contributed by atoms with van der Waals surface area (Å²) >= 11 is 6.38. The predicted octanol–water partition coefficient (Wildman–Crippen LogP) is 2.98. The van der Waals surface area contributed by atoms with Gasteiger partial charge < -0.3 is 14.6 Å². The molecule has 0 amide bonds. The minimum Gasteiger partial charge on any atom is -0.383 e. The maximum Gasteiger partial charge on any atom is 0.222 e. The molecule has 9 heteroatoms. The first-order valence-electron chi connectivity index (χ1n) is 8.25. The van der Waals surface area contributed by atoms with Crippen molar-refractivity contribution in [3.8, 4) is 16.8 Å². The summed E-state index contributed by atoms with van der Waals surface area (Å²) in [6.07, 6.45) is 10.4. The van der Waals surface area contributed by atoms with Crippen LogP contribution in [0.2, 0.25) is 5.15 Å². The van der Waals surface area contributed by atoms with Crippen LogP contribution in [0.1, 0.15) is 0 Å². The minimum absolute atomic E-state index is 0.380. The molecule has 27 heavy (non-hydrogen) atoms. The van der Waals surface area contributed by atoms with Crippen molar-refractivity contribution in [1.82, 2.24) is 29.5 Å². The largest absolute Gasteiger partial charge is 0.383 e. The summed E-state index contributed by atoms with van der Waals surface area (Å²) in [5.41, 5.74) is 3.31. The highest BCUT2D eigenvalue weighted by molar-refractivity contribution is 6.35. The van der Waals surface area contributed by atoms with Gasteiger partial charge in [0, 0.05) is 55.8 Å². The first-order chi connectivity index (χ1) is 13.3. The number of halogens is 1. The summed E-state index contributed by atoms with van der Waals surface area (Å²) in [4.78, 5) is 21.3. The highest BCUT2D eigenvalue weighted by Crippen LogP contribution is 2.34. The lowest BCUT2D eigenvalue weighted by Gasteiger charge is -2.04. The molecule has 4 aromatic rings. The molecule has 0 radical (unpaired) electrons. The summed E-state index contributed by atoms with van der Waals surface area (Å²) in [5, 5.41) is 4.22. The van der Waals surface area contributed by atoms with Gasteiger partial charge in [-0.2, -0.15) is 0 Å². The van der Waals surface area contributed by atoms with Crippen LogP contribution in [0.5, 0.6) is 0 Å². The first-order valence-corrected chi connectivity index (χ1v) is 8.63. The van der Waals surface area contributed by atoms with Crippen molar-refractivity contribution in [3.05, 3.63) is 54.6 Å². The number of aromatic nitrogens is 6. The van der Waals surface area contributed by atoms with Gasteiger partial charge in [-0.05, 0) is 12.1 Å². The second kappa shape index (κ2) is 7.65. The molecule has 0 atom stereocenters. The lowest BCUT2D eigenvalue weighted by Crippen LogP contribution is -2.09. The number of hydrogen-bond acceptors (Lipinski definition) is 7. The van der Waals surface area contributed by atoms with Crippen molar-refractivity contribution in [1.29, 1.82) is 0 Å². The van der Waals surface area contributed by atoms with Crippen molar-refractivity contribution < 1.29 is 4.74 Å². The highest BCUT2D eigenvalue weighted by Gasteiger charge is 2.17. The van der Waals surface area contributed by atoms with Crippen LogP contribution >= 0.6 is 11.6 Å². The van der Waals surface area contributed by atoms with Crippen LogP contribution in [0.25, 0.3) is 27.8 Å². The topological polar surface area (TPSA) is 90.6 Å². The average molecular weight is 382 g/mol. The lowest BCUT2D eigenvalue weighted by molar-refractivity contribution is 0.210. The number of anilines is 1. The van der Waals surface area contributed by atoms with E-state index in [2.05, 4.69) is 30.2 Å². The highest BCUT2D eigenvalue weighted by atomic mass is 35.5. The van der Waals surface area contributed by atoms with Gasteiger partial charge in [-0.3, -0.25) is 4.98 Å². The number of pyridine rings is 1. The quantitative estimate of drug-likeness (QED) is 0.405. The summed E-state index contributed by atoms with van der Waals surface area (Å²) in [5.74, 6) is 0.538. The molecule has 0 fully saturated rings. The molecule has 0 bridgehead atoms. The van der Waals surface area contributed by atoms with Crippen molar-refractivity contribution in [3.63, 3.8) is 0 Å². The number of nitrogens with zero attached hydrogens (tertiary/aromatic N) is 6. The maximum atomic E-state index is 6.38. The van der Waals surface area contributed by atoms with Gasteiger partial charge in [0.25, 0.3) is 0 Å². The zero-order valence-electron chi connectivity index (χ0n) is 14.5. The Morgan fingerprint density at radius 3 is 2.63 bits per heavy atom. The van der Waals surface area contributed by atoms with E-state index in [4.69, 9.17) is 16.3 Å². The van der Waals surface area contributed by atoms with Crippen molar-refractivity contribution in [2.24, 2.45) is 0 Å². The molecule has 0 unspecified atom stereocenters. The second-order valence-corrected chi connectivity index (χ2v) is 6.05. The first kappa shape index (κ1) is 17.3. The van der Waals surface area contributed by atoms with E-state index < -0.39 is 0 Å². The van der Waals surface area contributed by atoms with Crippen molar-refractivity contribution in [2.45, 2.75) is 0 Å². The number of methoxy groups -OCH3 is 1. The van der Waals surface area contributed by atoms with Crippen LogP contribution in [0, 0.1) is 0 Å². The van der Waals surface area contributed by atoms with E-state index in [1.807, 2.05) is 22.9 Å². The van der Waals surface area contributed by atoms with Crippen LogP contribution in [0.15, 0.2) is 49.4 Å². The third-order valence-corrected chi connectivity index (χ3v) is 4.32. The van der Waals surface area contributed by atoms with Crippen LogP contribution < -0.4 is 5.32 Å². The van der Waals surface area contributed by atoms with Crippen LogP contribution in [0.3, 0.4) is 0 Å². The number of nitrogens with one attached hydrogen (secondary N) is 1. The Hall–Kier alpha value is -3.10. The molecule has 0 aliphatic rings. The molecule has 8 nitrogen and oxygen atoms in total. The summed E-state index contributed by atoms with van der Waals surface area (Å²) in [7, 11) is 1.65. The van der Waals surface area contributed by atoms with Gasteiger partial charge in [-0.1, -0.05) is 11.6 Å². The third kappa shape index (κ3) is 3.44. The average Bonchev–Trinajstić information content (AvgIpc) is 3.10. The molecule has 4 heterocycles. The van der Waals surface area contributed by atoms with E-state index in [1.54, 1.807) is 31.9 Å². The van der Waals surface area contributed by atoms with Crippen LogP contribution in [-0.4, -0.2) is 49.7 Å². The Morgan fingerprint density at radius 2 is 1.89 bits per heavy atom. The standard InChI is InChI=1S/C18H16ClN7O/c1-27-7-6-21-18-22-8-12(9-23-18)14-10-26(13-2-4-20-5-3-13)17-15(14)16(19)24-11-25-17/h2-5,8-11H,6-7H2,1H3,(H,21,22,23). The fraction of sp³-hybridized carbons (Fsp3) is 0.167. The molecule has 0 spiro atoms. The lowest BCUT2D eigenvalue weighted by atomic mass is 10.1. The molecule has 0 saturated carbocycles. The van der Waals surface area contributed by atoms with Gasteiger partial charge >= 0.3 is 0 Å². The third-order valence-electron chi connectivity index (χ3n) is 4.03. The van der Waals surface area contributed by atoms with E-state index in [9.17, 15) is 0 Å². The Labute approximate surface area is 160 Å². The van der Waals surface area contributed by atoms with Crippen LogP contribution in [-0.2, 0) is 4.74 Å². The monoisotopic (exact) mass is 381 g/mol. The molecule has 0 saturated heterocycles. The molecule has 4 aromatic heterocycles. The smallest absolute Gasteiger partial charge is 0.222 e.